The van der Waals surface area contributed by atoms with E-state index in [0.717, 1.165) is 42.2 Å². The highest BCUT2D eigenvalue weighted by Gasteiger charge is 2.17. The number of anilines is 2. The number of rotatable bonds is 10. The highest BCUT2D eigenvalue weighted by atomic mass is 32.2. The maximum Gasteiger partial charge on any atom is 0.311 e. The van der Waals surface area contributed by atoms with Crippen molar-refractivity contribution in [3.05, 3.63) is 46.5 Å². The first-order valence-corrected chi connectivity index (χ1v) is 10.2. The number of nitrogens with zero attached hydrogens (tertiary/aromatic N) is 4. The van der Waals surface area contributed by atoms with E-state index in [-0.39, 0.29) is 5.69 Å². The molecule has 0 unspecified atom stereocenters. The lowest BCUT2D eigenvalue weighted by atomic mass is 10.3. The summed E-state index contributed by atoms with van der Waals surface area (Å²) in [5, 5.41) is 15.0. The lowest BCUT2D eigenvalue weighted by Gasteiger charge is -2.20. The highest BCUT2D eigenvalue weighted by molar-refractivity contribution is 7.99. The van der Waals surface area contributed by atoms with Crippen molar-refractivity contribution in [2.45, 2.75) is 25.5 Å². The number of pyridine rings is 1. The fourth-order valence-electron chi connectivity index (χ4n) is 2.79. The van der Waals surface area contributed by atoms with E-state index in [1.165, 1.54) is 17.8 Å². The second-order valence-electron chi connectivity index (χ2n) is 6.04. The zero-order valence-electron chi connectivity index (χ0n) is 15.9. The fraction of sp³-hybridized carbons (Fsp3) is 0.368. The molecule has 8 nitrogen and oxygen atoms in total. The molecule has 2 heterocycles. The molecule has 0 amide bonds. The van der Waals surface area contributed by atoms with Gasteiger partial charge < -0.3 is 14.6 Å². The van der Waals surface area contributed by atoms with E-state index in [4.69, 9.17) is 4.42 Å². The van der Waals surface area contributed by atoms with Crippen molar-refractivity contribution >= 4 is 40.2 Å². The van der Waals surface area contributed by atoms with Crippen LogP contribution in [0.15, 0.2) is 46.0 Å². The molecular formula is C19H23N5O3S. The van der Waals surface area contributed by atoms with E-state index in [1.807, 2.05) is 38.1 Å². The third kappa shape index (κ3) is 4.72. The standard InChI is InChI=1S/C19H23N5O3S/c1-3-23(4-2)17-11-10-15(24(25)26)18(22-17)20-12-7-13-28-19-21-14-8-5-6-9-16(14)27-19/h5-6,8-11H,3-4,7,12-13H2,1-2H3,(H,20,22). The molecule has 0 atom stereocenters. The van der Waals surface area contributed by atoms with Crippen LogP contribution in [-0.4, -0.2) is 40.3 Å². The van der Waals surface area contributed by atoms with Crippen molar-refractivity contribution in [2.24, 2.45) is 0 Å². The molecule has 0 spiro atoms. The molecule has 1 N–H and O–H groups in total. The Morgan fingerprint density at radius 3 is 2.68 bits per heavy atom. The van der Waals surface area contributed by atoms with Gasteiger partial charge >= 0.3 is 5.69 Å². The van der Waals surface area contributed by atoms with Gasteiger partial charge in [-0.05, 0) is 38.5 Å². The summed E-state index contributed by atoms with van der Waals surface area (Å²) in [4.78, 5) is 21.8. The first-order valence-electron chi connectivity index (χ1n) is 9.25. The van der Waals surface area contributed by atoms with Gasteiger partial charge in [0.1, 0.15) is 11.3 Å². The van der Waals surface area contributed by atoms with Gasteiger partial charge in [-0.1, -0.05) is 23.9 Å². The van der Waals surface area contributed by atoms with Gasteiger partial charge in [-0.15, -0.1) is 0 Å². The summed E-state index contributed by atoms with van der Waals surface area (Å²) in [7, 11) is 0. The maximum absolute atomic E-state index is 11.3. The van der Waals surface area contributed by atoms with Crippen LogP contribution in [0, 0.1) is 10.1 Å². The molecule has 0 bridgehead atoms. The van der Waals surface area contributed by atoms with Crippen molar-refractivity contribution in [3.8, 4) is 0 Å². The Kier molecular flexibility index (Phi) is 6.70. The van der Waals surface area contributed by atoms with Crippen LogP contribution in [0.5, 0.6) is 0 Å². The Bertz CT molecular complexity index is 909. The summed E-state index contributed by atoms with van der Waals surface area (Å²) in [6.07, 6.45) is 0.789. The largest absolute Gasteiger partial charge is 0.431 e. The van der Waals surface area contributed by atoms with Crippen molar-refractivity contribution in [1.82, 2.24) is 9.97 Å². The molecule has 0 saturated heterocycles. The molecule has 0 aliphatic rings. The molecule has 2 aromatic heterocycles. The molecule has 3 rings (SSSR count). The number of thioether (sulfide) groups is 1. The number of hydrogen-bond donors (Lipinski definition) is 1. The minimum atomic E-state index is -0.408. The zero-order valence-corrected chi connectivity index (χ0v) is 16.7. The van der Waals surface area contributed by atoms with Gasteiger partial charge in [-0.25, -0.2) is 9.97 Å². The molecule has 0 aliphatic heterocycles. The summed E-state index contributed by atoms with van der Waals surface area (Å²) < 4.78 is 5.67. The predicted molar refractivity (Wildman–Crippen MR) is 112 cm³/mol. The smallest absolute Gasteiger partial charge is 0.311 e. The van der Waals surface area contributed by atoms with Gasteiger partial charge in [-0.2, -0.15) is 0 Å². The summed E-state index contributed by atoms with van der Waals surface area (Å²) in [6, 6.07) is 10.8. The number of fused-ring (bicyclic) bond motifs is 1. The number of benzene rings is 1. The fourth-order valence-corrected chi connectivity index (χ4v) is 3.57. The van der Waals surface area contributed by atoms with Crippen molar-refractivity contribution in [3.63, 3.8) is 0 Å². The van der Waals surface area contributed by atoms with Crippen LogP contribution in [0.25, 0.3) is 11.1 Å². The summed E-state index contributed by atoms with van der Waals surface area (Å²) in [5.41, 5.74) is 1.61. The zero-order chi connectivity index (χ0) is 19.9. The van der Waals surface area contributed by atoms with E-state index in [9.17, 15) is 10.1 Å². The van der Waals surface area contributed by atoms with Crippen LogP contribution < -0.4 is 10.2 Å². The maximum atomic E-state index is 11.3. The minimum Gasteiger partial charge on any atom is -0.431 e. The molecule has 0 radical (unpaired) electrons. The average molecular weight is 401 g/mol. The van der Waals surface area contributed by atoms with Crippen LogP contribution in [-0.2, 0) is 0 Å². The van der Waals surface area contributed by atoms with Gasteiger partial charge in [0.05, 0.1) is 4.92 Å². The minimum absolute atomic E-state index is 0.0116. The van der Waals surface area contributed by atoms with E-state index in [2.05, 4.69) is 20.2 Å². The van der Waals surface area contributed by atoms with Crippen LogP contribution in [0.1, 0.15) is 20.3 Å². The number of para-hydroxylation sites is 2. The van der Waals surface area contributed by atoms with Gasteiger partial charge in [-0.3, -0.25) is 10.1 Å². The molecule has 148 valence electrons. The number of nitro groups is 1. The number of nitrogens with one attached hydrogen (secondary N) is 1. The van der Waals surface area contributed by atoms with Crippen LogP contribution in [0.4, 0.5) is 17.3 Å². The molecule has 28 heavy (non-hydrogen) atoms. The number of oxazole rings is 1. The summed E-state index contributed by atoms with van der Waals surface area (Å²) in [6.45, 7) is 6.22. The van der Waals surface area contributed by atoms with E-state index >= 15 is 0 Å². The molecule has 0 saturated carbocycles. The number of aromatic nitrogens is 2. The lowest BCUT2D eigenvalue weighted by molar-refractivity contribution is -0.384. The first-order chi connectivity index (χ1) is 13.6. The second kappa shape index (κ2) is 9.41. The van der Waals surface area contributed by atoms with Crippen molar-refractivity contribution in [1.29, 1.82) is 0 Å². The monoisotopic (exact) mass is 401 g/mol. The number of hydrogen-bond acceptors (Lipinski definition) is 8. The molecule has 1 aromatic carbocycles. The Balaban J connectivity index is 1.56. The predicted octanol–water partition coefficient (Wildman–Crippen LogP) is 4.57. The lowest BCUT2D eigenvalue weighted by Crippen LogP contribution is -2.23. The van der Waals surface area contributed by atoms with E-state index in [1.54, 1.807) is 6.07 Å². The Hall–Kier alpha value is -2.81. The second-order valence-corrected chi connectivity index (χ2v) is 7.09. The first kappa shape index (κ1) is 19.9. The van der Waals surface area contributed by atoms with E-state index < -0.39 is 4.92 Å². The molecule has 3 aromatic rings. The molecule has 0 aliphatic carbocycles. The van der Waals surface area contributed by atoms with Crippen LogP contribution in [0.3, 0.4) is 0 Å². The van der Waals surface area contributed by atoms with Crippen molar-refractivity contribution in [2.75, 3.05) is 35.6 Å². The van der Waals surface area contributed by atoms with Gasteiger partial charge in [0.15, 0.2) is 5.58 Å². The third-order valence-corrected chi connectivity index (χ3v) is 5.17. The Labute approximate surface area is 167 Å². The van der Waals surface area contributed by atoms with Crippen LogP contribution >= 0.6 is 11.8 Å². The highest BCUT2D eigenvalue weighted by Crippen LogP contribution is 2.26. The molecule has 9 heteroatoms. The van der Waals surface area contributed by atoms with Crippen LogP contribution in [0.2, 0.25) is 0 Å². The average Bonchev–Trinajstić information content (AvgIpc) is 3.11. The van der Waals surface area contributed by atoms with Gasteiger partial charge in [0.25, 0.3) is 5.22 Å². The van der Waals surface area contributed by atoms with Gasteiger partial charge in [0, 0.05) is 31.5 Å². The van der Waals surface area contributed by atoms with Gasteiger partial charge in [0.2, 0.25) is 5.82 Å². The Morgan fingerprint density at radius 1 is 1.18 bits per heavy atom. The van der Waals surface area contributed by atoms with Crippen molar-refractivity contribution < 1.29 is 9.34 Å². The quantitative estimate of drug-likeness (QED) is 0.228. The SMILES string of the molecule is CCN(CC)c1ccc([N+](=O)[O-])c(NCCCSc2nc3ccccc3o2)n1. The van der Waals surface area contributed by atoms with E-state index in [0.29, 0.717) is 17.6 Å². The topological polar surface area (TPSA) is 97.3 Å². The Morgan fingerprint density at radius 2 is 1.96 bits per heavy atom. The molecule has 0 fully saturated rings. The third-order valence-electron chi connectivity index (χ3n) is 4.26. The summed E-state index contributed by atoms with van der Waals surface area (Å²) >= 11 is 1.53. The normalized spacial score (nSPS) is 10.9. The molecular weight excluding hydrogens is 378 g/mol. The summed E-state index contributed by atoms with van der Waals surface area (Å²) in [5.74, 6) is 1.82.